The summed E-state index contributed by atoms with van der Waals surface area (Å²) in [4.78, 5) is 12.6. The van der Waals surface area contributed by atoms with Crippen LogP contribution in [-0.4, -0.2) is 27.3 Å². The third-order valence-electron chi connectivity index (χ3n) is 5.15. The molecule has 2 heterocycles. The van der Waals surface area contributed by atoms with Gasteiger partial charge in [-0.3, -0.25) is 10.1 Å². The number of carbonyl (C=O) groups excluding carboxylic acids is 1. The van der Waals surface area contributed by atoms with Gasteiger partial charge in [0.2, 0.25) is 5.13 Å². The lowest BCUT2D eigenvalue weighted by atomic mass is 10.1. The Labute approximate surface area is 196 Å². The van der Waals surface area contributed by atoms with Gasteiger partial charge in [0.05, 0.1) is 6.54 Å². The molecule has 0 aliphatic rings. The van der Waals surface area contributed by atoms with Gasteiger partial charge in [-0.2, -0.15) is 5.26 Å². The maximum absolute atomic E-state index is 12.6. The number of hydrogen-bond donors (Lipinski definition) is 1. The van der Waals surface area contributed by atoms with Crippen LogP contribution in [0.1, 0.15) is 21.7 Å². The molecule has 4 aromatic rings. The van der Waals surface area contributed by atoms with E-state index in [-0.39, 0.29) is 5.57 Å². The number of aryl methyl sites for hydroxylation is 3. The summed E-state index contributed by atoms with van der Waals surface area (Å²) in [6, 6.07) is 16.0. The average molecular weight is 458 g/mol. The molecular weight excluding hydrogens is 434 g/mol. The first-order valence-electron chi connectivity index (χ1n) is 10.5. The number of nitrogens with zero attached hydrogens (tertiary/aromatic N) is 4. The van der Waals surface area contributed by atoms with Crippen molar-refractivity contribution in [3.05, 3.63) is 75.9 Å². The third-order valence-corrected chi connectivity index (χ3v) is 5.91. The number of aromatic nitrogens is 3. The van der Waals surface area contributed by atoms with Crippen LogP contribution in [0.5, 0.6) is 5.75 Å². The Morgan fingerprint density at radius 3 is 2.76 bits per heavy atom. The number of anilines is 1. The van der Waals surface area contributed by atoms with E-state index in [4.69, 9.17) is 4.74 Å². The number of nitriles is 1. The number of benzene rings is 2. The van der Waals surface area contributed by atoms with Crippen LogP contribution >= 0.6 is 11.3 Å². The number of fused-ring (bicyclic) bond motifs is 1. The Kier molecular flexibility index (Phi) is 6.52. The largest absolute Gasteiger partial charge is 0.491 e. The number of hydrogen-bond acceptors (Lipinski definition) is 6. The quantitative estimate of drug-likeness (QED) is 0.310. The molecule has 0 bridgehead atoms. The van der Waals surface area contributed by atoms with Gasteiger partial charge in [-0.15, -0.1) is 10.2 Å². The first kappa shape index (κ1) is 22.2. The van der Waals surface area contributed by atoms with Crippen molar-refractivity contribution in [2.24, 2.45) is 0 Å². The summed E-state index contributed by atoms with van der Waals surface area (Å²) >= 11 is 1.26. The topological polar surface area (TPSA) is 92.8 Å². The molecule has 0 radical (unpaired) electrons. The summed E-state index contributed by atoms with van der Waals surface area (Å²) in [6.45, 7) is 7.01. The van der Waals surface area contributed by atoms with Gasteiger partial charge >= 0.3 is 0 Å². The van der Waals surface area contributed by atoms with Crippen LogP contribution in [0.2, 0.25) is 0 Å². The van der Waals surface area contributed by atoms with Crippen LogP contribution in [0.25, 0.3) is 17.0 Å². The summed E-state index contributed by atoms with van der Waals surface area (Å²) in [7, 11) is 0. The van der Waals surface area contributed by atoms with Gasteiger partial charge in [-0.1, -0.05) is 47.2 Å². The fraction of sp³-hybridized carbons (Fsp3) is 0.200. The van der Waals surface area contributed by atoms with Crippen molar-refractivity contribution in [2.75, 3.05) is 11.9 Å². The van der Waals surface area contributed by atoms with E-state index in [9.17, 15) is 10.1 Å². The molecule has 33 heavy (non-hydrogen) atoms. The second-order valence-corrected chi connectivity index (χ2v) is 8.84. The summed E-state index contributed by atoms with van der Waals surface area (Å²) in [5, 5.41) is 22.1. The number of para-hydroxylation sites is 1. The fourth-order valence-electron chi connectivity index (χ4n) is 3.61. The van der Waals surface area contributed by atoms with Gasteiger partial charge in [0.1, 0.15) is 29.0 Å². The molecule has 0 unspecified atom stereocenters. The number of nitrogens with one attached hydrogen (secondary N) is 1. The molecular formula is C25H23N5O2S. The molecule has 2 aromatic carbocycles. The van der Waals surface area contributed by atoms with Crippen LogP contribution in [-0.2, 0) is 11.3 Å². The van der Waals surface area contributed by atoms with E-state index in [1.807, 2.05) is 55.6 Å². The van der Waals surface area contributed by atoms with Crippen molar-refractivity contribution >= 4 is 39.4 Å². The molecule has 166 valence electrons. The average Bonchev–Trinajstić information content (AvgIpc) is 3.36. The molecule has 4 rings (SSSR count). The van der Waals surface area contributed by atoms with Crippen molar-refractivity contribution in [2.45, 2.75) is 27.3 Å². The summed E-state index contributed by atoms with van der Waals surface area (Å²) in [5.41, 5.74) is 4.09. The van der Waals surface area contributed by atoms with Crippen molar-refractivity contribution in [3.8, 4) is 11.8 Å². The Balaban J connectivity index is 1.55. The number of carbonyl (C=O) groups is 1. The zero-order chi connectivity index (χ0) is 23.4. The molecule has 1 amide bonds. The van der Waals surface area contributed by atoms with E-state index in [0.717, 1.165) is 32.8 Å². The standard InChI is InChI=1S/C25H23N5O2S/c1-16-8-9-23(17(2)12-16)32-11-10-30-15-20(21-6-4-5-7-22(21)30)13-19(14-26)24(31)27-25-29-28-18(3)33-25/h4-9,12-13,15H,10-11H2,1-3H3,(H,27,29,31)/b19-13-. The molecule has 2 aromatic heterocycles. The zero-order valence-electron chi connectivity index (χ0n) is 18.6. The van der Waals surface area contributed by atoms with Crippen LogP contribution < -0.4 is 10.1 Å². The molecule has 0 aliphatic carbocycles. The Morgan fingerprint density at radius 1 is 1.21 bits per heavy atom. The third kappa shape index (κ3) is 5.10. The highest BCUT2D eigenvalue weighted by molar-refractivity contribution is 7.15. The van der Waals surface area contributed by atoms with E-state index in [1.165, 1.54) is 16.9 Å². The number of ether oxygens (including phenoxy) is 1. The number of rotatable bonds is 7. The minimum Gasteiger partial charge on any atom is -0.491 e. The van der Waals surface area contributed by atoms with Gasteiger partial charge < -0.3 is 9.30 Å². The lowest BCUT2D eigenvalue weighted by Gasteiger charge is -2.11. The predicted molar refractivity (Wildman–Crippen MR) is 130 cm³/mol. The lowest BCUT2D eigenvalue weighted by Crippen LogP contribution is -2.13. The maximum Gasteiger partial charge on any atom is 0.268 e. The van der Waals surface area contributed by atoms with E-state index < -0.39 is 5.91 Å². The smallest absolute Gasteiger partial charge is 0.268 e. The second-order valence-electron chi connectivity index (χ2n) is 7.66. The zero-order valence-corrected chi connectivity index (χ0v) is 19.4. The highest BCUT2D eigenvalue weighted by Gasteiger charge is 2.14. The molecule has 0 atom stereocenters. The summed E-state index contributed by atoms with van der Waals surface area (Å²) in [5.74, 6) is 0.358. The molecule has 0 saturated carbocycles. The molecule has 0 aliphatic heterocycles. The van der Waals surface area contributed by atoms with Crippen molar-refractivity contribution in [1.29, 1.82) is 5.26 Å². The first-order chi connectivity index (χ1) is 15.9. The lowest BCUT2D eigenvalue weighted by molar-refractivity contribution is -0.112. The predicted octanol–water partition coefficient (Wildman–Crippen LogP) is 5.04. The van der Waals surface area contributed by atoms with Crippen LogP contribution in [0.15, 0.2) is 54.2 Å². The van der Waals surface area contributed by atoms with Crippen LogP contribution in [0.4, 0.5) is 5.13 Å². The highest BCUT2D eigenvalue weighted by atomic mass is 32.1. The normalized spacial score (nSPS) is 11.4. The Bertz CT molecular complexity index is 1390. The minimum absolute atomic E-state index is 0.00251. The van der Waals surface area contributed by atoms with Crippen molar-refractivity contribution in [3.63, 3.8) is 0 Å². The maximum atomic E-state index is 12.6. The summed E-state index contributed by atoms with van der Waals surface area (Å²) < 4.78 is 8.07. The molecule has 1 N–H and O–H groups in total. The summed E-state index contributed by atoms with van der Waals surface area (Å²) in [6.07, 6.45) is 3.54. The monoisotopic (exact) mass is 457 g/mol. The van der Waals surface area contributed by atoms with Gasteiger partial charge in [-0.05, 0) is 44.5 Å². The number of amides is 1. The molecule has 0 spiro atoms. The van der Waals surface area contributed by atoms with Gasteiger partial charge in [0.15, 0.2) is 0 Å². The van der Waals surface area contributed by atoms with Gasteiger partial charge in [-0.25, -0.2) is 0 Å². The minimum atomic E-state index is -0.510. The Morgan fingerprint density at radius 2 is 2.03 bits per heavy atom. The van der Waals surface area contributed by atoms with E-state index in [2.05, 4.69) is 33.1 Å². The second kappa shape index (κ2) is 9.67. The van der Waals surface area contributed by atoms with Crippen molar-refractivity contribution in [1.82, 2.24) is 14.8 Å². The van der Waals surface area contributed by atoms with Crippen molar-refractivity contribution < 1.29 is 9.53 Å². The Hall–Kier alpha value is -3.96. The molecule has 7 nitrogen and oxygen atoms in total. The molecule has 0 saturated heterocycles. The van der Waals surface area contributed by atoms with Gasteiger partial charge in [0.25, 0.3) is 5.91 Å². The highest BCUT2D eigenvalue weighted by Crippen LogP contribution is 2.25. The first-order valence-corrected chi connectivity index (χ1v) is 11.3. The van der Waals surface area contributed by atoms with E-state index >= 15 is 0 Å². The molecule has 8 heteroatoms. The molecule has 0 fully saturated rings. The fourth-order valence-corrected chi connectivity index (χ4v) is 4.19. The van der Waals surface area contributed by atoms with Crippen LogP contribution in [0.3, 0.4) is 0 Å². The van der Waals surface area contributed by atoms with E-state index in [1.54, 1.807) is 13.0 Å². The van der Waals surface area contributed by atoms with Gasteiger partial charge in [0, 0.05) is 22.7 Å². The van der Waals surface area contributed by atoms with E-state index in [0.29, 0.717) is 18.3 Å². The SMILES string of the molecule is Cc1ccc(OCCn2cc(/C=C(/C#N)C(=O)Nc3nnc(C)s3)c3ccccc32)c(C)c1. The van der Waals surface area contributed by atoms with Crippen LogP contribution in [0, 0.1) is 32.1 Å².